The van der Waals surface area contributed by atoms with Crippen LogP contribution in [-0.2, 0) is 9.59 Å². The van der Waals surface area contributed by atoms with Crippen molar-refractivity contribution in [2.45, 2.75) is 19.4 Å². The summed E-state index contributed by atoms with van der Waals surface area (Å²) < 4.78 is 13.2. The molecule has 180 valence electrons. The summed E-state index contributed by atoms with van der Waals surface area (Å²) in [5, 5.41) is 14.4. The van der Waals surface area contributed by atoms with Gasteiger partial charge in [0.1, 0.15) is 19.4 Å². The van der Waals surface area contributed by atoms with E-state index in [4.69, 9.17) is 9.59 Å². The van der Waals surface area contributed by atoms with Gasteiger partial charge >= 0.3 is 0 Å². The number of aryl methyl sites for hydroxylation is 1. The van der Waals surface area contributed by atoms with Crippen molar-refractivity contribution in [2.75, 3.05) is 23.3 Å². The molecule has 1 saturated heterocycles. The molecule has 0 radical (unpaired) electrons. The molecule has 2 aromatic heterocycles. The maximum Gasteiger partial charge on any atom is 0.123 e. The van der Waals surface area contributed by atoms with Crippen molar-refractivity contribution in [3.63, 3.8) is 0 Å². The van der Waals surface area contributed by atoms with Crippen molar-refractivity contribution < 1.29 is 19.1 Å². The Morgan fingerprint density at radius 3 is 2.43 bits per heavy atom. The van der Waals surface area contributed by atoms with Gasteiger partial charge in [0.15, 0.2) is 0 Å². The predicted octanol–water partition coefficient (Wildman–Crippen LogP) is 4.69. The molecule has 0 spiro atoms. The minimum absolute atomic E-state index is 0.264. The first-order valence-electron chi connectivity index (χ1n) is 11.0. The lowest BCUT2D eigenvalue weighted by Crippen LogP contribution is -2.21. The Labute approximate surface area is 203 Å². The normalized spacial score (nSPS) is 14.5. The van der Waals surface area contributed by atoms with Gasteiger partial charge in [0.2, 0.25) is 0 Å². The smallest absolute Gasteiger partial charge is 0.123 e. The summed E-state index contributed by atoms with van der Waals surface area (Å²) in [5.74, 6) is -0.264. The quantitative estimate of drug-likeness (QED) is 0.443. The number of benzene rings is 2. The molecule has 0 bridgehead atoms. The molecular weight excluding hydrogens is 447 g/mol. The van der Waals surface area contributed by atoms with Gasteiger partial charge in [-0.05, 0) is 67.4 Å². The number of rotatable bonds is 4. The van der Waals surface area contributed by atoms with Crippen molar-refractivity contribution in [3.8, 4) is 11.1 Å². The third kappa shape index (κ3) is 5.85. The molecule has 1 aliphatic rings. The summed E-state index contributed by atoms with van der Waals surface area (Å²) in [6, 6.07) is 16.6. The molecule has 5 rings (SSSR count). The minimum atomic E-state index is -0.284. The average Bonchev–Trinajstić information content (AvgIpc) is 3.34. The van der Waals surface area contributed by atoms with Gasteiger partial charge in [0, 0.05) is 47.8 Å². The van der Waals surface area contributed by atoms with Crippen LogP contribution in [0.15, 0.2) is 67.0 Å². The lowest BCUT2D eigenvalue weighted by atomic mass is 10.0. The monoisotopic (exact) mass is 474 g/mol. The van der Waals surface area contributed by atoms with Crippen LogP contribution in [0.3, 0.4) is 0 Å². The molecule has 4 aromatic rings. The van der Waals surface area contributed by atoms with Gasteiger partial charge < -0.3 is 24.9 Å². The number of aromatic nitrogens is 2. The van der Waals surface area contributed by atoms with Gasteiger partial charge in [-0.3, -0.25) is 9.97 Å². The van der Waals surface area contributed by atoms with Crippen LogP contribution in [0.2, 0.25) is 0 Å². The van der Waals surface area contributed by atoms with Gasteiger partial charge in [-0.2, -0.15) is 0 Å². The fourth-order valence-electron chi connectivity index (χ4n) is 4.05. The van der Waals surface area contributed by atoms with E-state index < -0.39 is 0 Å². The first-order chi connectivity index (χ1) is 17.1. The fourth-order valence-corrected chi connectivity index (χ4v) is 4.05. The van der Waals surface area contributed by atoms with Gasteiger partial charge in [0.05, 0.1) is 23.0 Å². The number of aliphatic hydroxyl groups excluding tert-OH is 1. The molecule has 0 amide bonds. The van der Waals surface area contributed by atoms with Crippen LogP contribution in [0.5, 0.6) is 0 Å². The highest BCUT2D eigenvalue weighted by Crippen LogP contribution is 2.33. The number of anilines is 3. The SMILES string of the molecule is C=O.C=O.Cc1ncc(-c2ccc3nccc(N4CCC(O)C4)c3c2)cc1Nc1ccc(F)cc1. The zero-order valence-corrected chi connectivity index (χ0v) is 19.4. The second-order valence-corrected chi connectivity index (χ2v) is 7.94. The summed E-state index contributed by atoms with van der Waals surface area (Å²) in [6.07, 6.45) is 4.18. The molecule has 0 aliphatic carbocycles. The van der Waals surface area contributed by atoms with E-state index in [0.29, 0.717) is 6.54 Å². The number of aliphatic hydroxyl groups is 1. The molecular formula is C27H27FN4O3. The molecule has 7 nitrogen and oxygen atoms in total. The number of carbonyl (C=O) groups is 2. The number of nitrogens with zero attached hydrogens (tertiary/aromatic N) is 3. The molecule has 1 unspecified atom stereocenters. The topological polar surface area (TPSA) is 95.4 Å². The lowest BCUT2D eigenvalue weighted by molar-refractivity contribution is -0.0987. The van der Waals surface area contributed by atoms with E-state index in [1.54, 1.807) is 12.1 Å². The standard InChI is InChI=1S/C25H23FN4O.2CH2O/c1-16-24(29-20-5-3-19(26)4-6-20)13-18(14-28-16)17-2-7-23-22(12-17)25(8-10-27-23)30-11-9-21(31)15-30;2*1-2/h2-8,10,12-14,21,29,31H,9,11,15H2,1H3;2*1H2. The van der Waals surface area contributed by atoms with Crippen LogP contribution in [-0.4, -0.2) is 47.8 Å². The van der Waals surface area contributed by atoms with E-state index in [1.165, 1.54) is 12.1 Å². The Bertz CT molecular complexity index is 1280. The van der Waals surface area contributed by atoms with E-state index in [1.807, 2.05) is 51.1 Å². The van der Waals surface area contributed by atoms with Gasteiger partial charge in [0.25, 0.3) is 0 Å². The third-order valence-electron chi connectivity index (χ3n) is 5.77. The highest BCUT2D eigenvalue weighted by Gasteiger charge is 2.22. The van der Waals surface area contributed by atoms with Gasteiger partial charge in [-0.1, -0.05) is 6.07 Å². The first kappa shape index (κ1) is 25.5. The van der Waals surface area contributed by atoms with E-state index in [-0.39, 0.29) is 11.9 Å². The zero-order valence-electron chi connectivity index (χ0n) is 19.4. The molecule has 2 N–H and O–H groups in total. The number of nitrogens with one attached hydrogen (secondary N) is 1. The van der Waals surface area contributed by atoms with Crippen LogP contribution in [0.4, 0.5) is 21.5 Å². The summed E-state index contributed by atoms with van der Waals surface area (Å²) in [6.45, 7) is 7.42. The Morgan fingerprint density at radius 1 is 1.00 bits per heavy atom. The Balaban J connectivity index is 0.000000815. The molecule has 1 atom stereocenters. The van der Waals surface area contributed by atoms with Gasteiger partial charge in [-0.25, -0.2) is 4.39 Å². The second-order valence-electron chi connectivity index (χ2n) is 7.94. The lowest BCUT2D eigenvalue weighted by Gasteiger charge is -2.20. The van der Waals surface area contributed by atoms with E-state index in [2.05, 4.69) is 32.3 Å². The van der Waals surface area contributed by atoms with Crippen LogP contribution in [0.1, 0.15) is 12.1 Å². The van der Waals surface area contributed by atoms with Crippen molar-refractivity contribution in [1.29, 1.82) is 0 Å². The average molecular weight is 475 g/mol. The summed E-state index contributed by atoms with van der Waals surface area (Å²) in [5.41, 5.74) is 6.58. The third-order valence-corrected chi connectivity index (χ3v) is 5.77. The molecule has 3 heterocycles. The van der Waals surface area contributed by atoms with E-state index in [0.717, 1.165) is 57.8 Å². The Morgan fingerprint density at radius 2 is 1.74 bits per heavy atom. The highest BCUT2D eigenvalue weighted by molar-refractivity contribution is 5.95. The number of halogens is 1. The largest absolute Gasteiger partial charge is 0.391 e. The first-order valence-corrected chi connectivity index (χ1v) is 11.0. The number of hydrogen-bond donors (Lipinski definition) is 2. The van der Waals surface area contributed by atoms with E-state index >= 15 is 0 Å². The van der Waals surface area contributed by atoms with Crippen molar-refractivity contribution in [1.82, 2.24) is 9.97 Å². The number of hydrogen-bond acceptors (Lipinski definition) is 7. The van der Waals surface area contributed by atoms with Crippen LogP contribution >= 0.6 is 0 Å². The second kappa shape index (κ2) is 11.8. The molecule has 0 saturated carbocycles. The van der Waals surface area contributed by atoms with Crippen molar-refractivity contribution in [2.24, 2.45) is 0 Å². The number of β-amino-alcohol motifs (C(OH)–C–C–N with tert-alkyl or cyclic N) is 1. The highest BCUT2D eigenvalue weighted by atomic mass is 19.1. The van der Waals surface area contributed by atoms with Crippen LogP contribution in [0.25, 0.3) is 22.0 Å². The summed E-state index contributed by atoms with van der Waals surface area (Å²) in [4.78, 5) is 27.3. The number of fused-ring (bicyclic) bond motifs is 1. The molecule has 35 heavy (non-hydrogen) atoms. The minimum Gasteiger partial charge on any atom is -0.391 e. The fraction of sp³-hybridized carbons (Fsp3) is 0.185. The molecule has 1 fully saturated rings. The predicted molar refractivity (Wildman–Crippen MR) is 136 cm³/mol. The van der Waals surface area contributed by atoms with Gasteiger partial charge in [-0.15, -0.1) is 0 Å². The van der Waals surface area contributed by atoms with Crippen LogP contribution < -0.4 is 10.2 Å². The summed E-state index contributed by atoms with van der Waals surface area (Å²) in [7, 11) is 0. The van der Waals surface area contributed by atoms with Crippen molar-refractivity contribution >= 4 is 41.5 Å². The Kier molecular flexibility index (Phi) is 8.58. The Hall–Kier alpha value is -4.17. The van der Waals surface area contributed by atoms with Crippen molar-refractivity contribution in [3.05, 3.63) is 78.5 Å². The number of pyridine rings is 2. The molecule has 2 aromatic carbocycles. The molecule has 8 heteroatoms. The summed E-state index contributed by atoms with van der Waals surface area (Å²) >= 11 is 0. The number of carbonyl (C=O) groups excluding carboxylic acids is 2. The molecule has 1 aliphatic heterocycles. The van der Waals surface area contributed by atoms with Crippen LogP contribution in [0, 0.1) is 12.7 Å². The maximum absolute atomic E-state index is 13.2. The van der Waals surface area contributed by atoms with E-state index in [9.17, 15) is 9.50 Å². The zero-order chi connectivity index (χ0) is 25.4. The maximum atomic E-state index is 13.2.